The molecule has 1 aliphatic rings. The molecule has 0 saturated carbocycles. The number of ether oxygens (including phenoxy) is 2. The number of hydrogen-bond acceptors (Lipinski definition) is 7. The van der Waals surface area contributed by atoms with Gasteiger partial charge in [-0.05, 0) is 56.0 Å². The van der Waals surface area contributed by atoms with Crippen LogP contribution in [0.5, 0.6) is 11.5 Å². The Bertz CT molecular complexity index is 1440. The van der Waals surface area contributed by atoms with Gasteiger partial charge in [-0.15, -0.1) is 11.3 Å². The molecule has 2 aromatic carbocycles. The Balaban J connectivity index is 1.66. The number of amides is 1. The predicted octanol–water partition coefficient (Wildman–Crippen LogP) is 4.96. The molecule has 8 nitrogen and oxygen atoms in total. The van der Waals surface area contributed by atoms with Gasteiger partial charge in [0.2, 0.25) is 15.9 Å². The molecule has 0 radical (unpaired) electrons. The molecular formula is C27H30F3N3O5S2. The van der Waals surface area contributed by atoms with Gasteiger partial charge in [0, 0.05) is 24.4 Å². The van der Waals surface area contributed by atoms with Gasteiger partial charge in [-0.3, -0.25) is 4.79 Å². The summed E-state index contributed by atoms with van der Waals surface area (Å²) in [6.07, 6.45) is -2.92. The lowest BCUT2D eigenvalue weighted by molar-refractivity contribution is -0.139. The number of nitrogens with zero attached hydrogens (tertiary/aromatic N) is 2. The summed E-state index contributed by atoms with van der Waals surface area (Å²) in [5.41, 5.74) is 1.84. The fraction of sp³-hybridized carbons (Fsp3) is 0.407. The minimum absolute atomic E-state index is 0.175. The maximum atomic E-state index is 13.8. The van der Waals surface area contributed by atoms with Gasteiger partial charge in [0.05, 0.1) is 35.4 Å². The predicted molar refractivity (Wildman–Crippen MR) is 144 cm³/mol. The molecule has 1 atom stereocenters. The summed E-state index contributed by atoms with van der Waals surface area (Å²) in [5.74, 6) is 0.213. The fourth-order valence-corrected chi connectivity index (χ4v) is 7.12. The van der Waals surface area contributed by atoms with Crippen LogP contribution in [0.4, 0.5) is 13.2 Å². The van der Waals surface area contributed by atoms with Crippen molar-refractivity contribution in [3.63, 3.8) is 0 Å². The van der Waals surface area contributed by atoms with E-state index in [4.69, 9.17) is 9.47 Å². The molecule has 1 aromatic heterocycles. The number of rotatable bonds is 10. The smallest absolute Gasteiger partial charge is 0.417 e. The van der Waals surface area contributed by atoms with E-state index in [9.17, 15) is 26.4 Å². The van der Waals surface area contributed by atoms with Crippen molar-refractivity contribution in [3.05, 3.63) is 69.7 Å². The molecule has 1 saturated heterocycles. The number of carbonyl (C=O) groups is 1. The number of hydrogen-bond donors (Lipinski definition) is 1. The molecule has 4 rings (SSSR count). The van der Waals surface area contributed by atoms with Gasteiger partial charge in [-0.1, -0.05) is 18.2 Å². The van der Waals surface area contributed by atoms with Crippen LogP contribution in [0, 0.1) is 6.92 Å². The number of benzene rings is 2. The van der Waals surface area contributed by atoms with Gasteiger partial charge in [0.1, 0.15) is 6.04 Å². The molecule has 0 spiro atoms. The van der Waals surface area contributed by atoms with Crippen LogP contribution in [-0.2, 0) is 34.0 Å². The lowest BCUT2D eigenvalue weighted by atomic mass is 10.1. The number of sulfonamides is 1. The van der Waals surface area contributed by atoms with Gasteiger partial charge in [-0.2, -0.15) is 17.5 Å². The molecule has 0 unspecified atom stereocenters. The number of aryl methyl sites for hydroxylation is 1. The van der Waals surface area contributed by atoms with Crippen molar-refractivity contribution in [2.75, 3.05) is 20.3 Å². The zero-order valence-corrected chi connectivity index (χ0v) is 23.7. The van der Waals surface area contributed by atoms with E-state index in [0.29, 0.717) is 49.5 Å². The molecule has 2 heterocycles. The van der Waals surface area contributed by atoms with Crippen molar-refractivity contribution in [2.24, 2.45) is 0 Å². The van der Waals surface area contributed by atoms with Crippen molar-refractivity contribution in [3.8, 4) is 11.5 Å². The maximum Gasteiger partial charge on any atom is 0.417 e. The first-order chi connectivity index (χ1) is 19.0. The SMILES string of the molecule is COc1cc(CN([C@H]2CCCCNC2=O)S(=O)(=O)c2ccccc2C(F)(F)F)ccc1OCCc1scnc1C. The summed E-state index contributed by atoms with van der Waals surface area (Å²) in [6, 6.07) is 7.63. The van der Waals surface area contributed by atoms with E-state index < -0.39 is 38.6 Å². The summed E-state index contributed by atoms with van der Waals surface area (Å²) in [4.78, 5) is 17.4. The normalized spacial score (nSPS) is 16.4. The van der Waals surface area contributed by atoms with Gasteiger partial charge < -0.3 is 14.8 Å². The molecule has 3 aromatic rings. The number of carbonyl (C=O) groups excluding carboxylic acids is 1. The van der Waals surface area contributed by atoms with Crippen LogP contribution in [0.2, 0.25) is 0 Å². The molecule has 13 heteroatoms. The number of thiazole rings is 1. The van der Waals surface area contributed by atoms with Crippen molar-refractivity contribution in [1.82, 2.24) is 14.6 Å². The van der Waals surface area contributed by atoms with E-state index >= 15 is 0 Å². The highest BCUT2D eigenvalue weighted by Gasteiger charge is 2.42. The minimum atomic E-state index is -4.90. The number of halogens is 3. The van der Waals surface area contributed by atoms with E-state index in [1.165, 1.54) is 24.5 Å². The summed E-state index contributed by atoms with van der Waals surface area (Å²) in [5, 5.41) is 2.68. The van der Waals surface area contributed by atoms with Crippen molar-refractivity contribution < 1.29 is 35.9 Å². The Morgan fingerprint density at radius 3 is 2.62 bits per heavy atom. The summed E-state index contributed by atoms with van der Waals surface area (Å²) in [7, 11) is -3.32. The van der Waals surface area contributed by atoms with Crippen LogP contribution in [0.15, 0.2) is 52.9 Å². The second-order valence-corrected chi connectivity index (χ2v) is 12.1. The minimum Gasteiger partial charge on any atom is -0.493 e. The zero-order chi connectivity index (χ0) is 28.9. The molecular weight excluding hydrogens is 567 g/mol. The molecule has 1 N–H and O–H groups in total. The first kappa shape index (κ1) is 29.8. The van der Waals surface area contributed by atoms with E-state index in [1.54, 1.807) is 23.7 Å². The molecule has 0 aliphatic carbocycles. The first-order valence-corrected chi connectivity index (χ1v) is 15.0. The summed E-state index contributed by atoms with van der Waals surface area (Å²) in [6.45, 7) is 2.30. The summed E-state index contributed by atoms with van der Waals surface area (Å²) >= 11 is 1.53. The van der Waals surface area contributed by atoms with E-state index in [0.717, 1.165) is 33.1 Å². The quantitative estimate of drug-likeness (QED) is 0.355. The Morgan fingerprint density at radius 1 is 1.15 bits per heavy atom. The largest absolute Gasteiger partial charge is 0.493 e. The highest BCUT2D eigenvalue weighted by atomic mass is 32.2. The topological polar surface area (TPSA) is 97.8 Å². The van der Waals surface area contributed by atoms with Crippen LogP contribution >= 0.6 is 11.3 Å². The molecule has 40 heavy (non-hydrogen) atoms. The van der Waals surface area contributed by atoms with Crippen LogP contribution < -0.4 is 14.8 Å². The second-order valence-electron chi connectivity index (χ2n) is 9.29. The van der Waals surface area contributed by atoms with Crippen LogP contribution in [0.1, 0.15) is 41.0 Å². The van der Waals surface area contributed by atoms with Crippen LogP contribution in [0.25, 0.3) is 0 Å². The monoisotopic (exact) mass is 597 g/mol. The number of methoxy groups -OCH3 is 1. The standard InChI is InChI=1S/C27H30F3N3O5S2/c1-18-24(39-17-32-18)12-14-38-22-11-10-19(15-23(22)37-2)16-33(21-8-5-6-13-31-26(21)34)40(35,36)25-9-4-3-7-20(25)27(28,29)30/h3-4,7,9-11,15,17,21H,5-6,8,12-14,16H2,1-2H3,(H,31,34)/t21-/m0/s1. The Kier molecular flexibility index (Phi) is 9.37. The number of alkyl halides is 3. The first-order valence-electron chi connectivity index (χ1n) is 12.7. The van der Waals surface area contributed by atoms with Gasteiger partial charge in [0.25, 0.3) is 0 Å². The fourth-order valence-electron chi connectivity index (χ4n) is 4.54. The van der Waals surface area contributed by atoms with Crippen molar-refractivity contribution in [2.45, 2.75) is 56.3 Å². The Morgan fingerprint density at radius 2 is 1.93 bits per heavy atom. The van der Waals surface area contributed by atoms with Gasteiger partial charge >= 0.3 is 6.18 Å². The number of nitrogens with one attached hydrogen (secondary N) is 1. The Hall–Kier alpha value is -3.16. The highest BCUT2D eigenvalue weighted by Crippen LogP contribution is 2.37. The summed E-state index contributed by atoms with van der Waals surface area (Å²) < 4.78 is 81.4. The van der Waals surface area contributed by atoms with Crippen molar-refractivity contribution >= 4 is 27.3 Å². The molecule has 216 valence electrons. The average molecular weight is 598 g/mol. The third-order valence-corrected chi connectivity index (χ3v) is 9.54. The third kappa shape index (κ3) is 6.76. The van der Waals surface area contributed by atoms with Crippen LogP contribution in [-0.4, -0.2) is 49.9 Å². The Labute approximate surface area is 235 Å². The highest BCUT2D eigenvalue weighted by molar-refractivity contribution is 7.89. The molecule has 0 bridgehead atoms. The van der Waals surface area contributed by atoms with Gasteiger partial charge in [0.15, 0.2) is 11.5 Å². The van der Waals surface area contributed by atoms with E-state index in [2.05, 4.69) is 10.3 Å². The van der Waals surface area contributed by atoms with E-state index in [-0.39, 0.29) is 13.0 Å². The lowest BCUT2D eigenvalue weighted by Crippen LogP contribution is -2.48. The molecule has 1 aliphatic heterocycles. The zero-order valence-electron chi connectivity index (χ0n) is 22.0. The maximum absolute atomic E-state index is 13.8. The second kappa shape index (κ2) is 12.6. The van der Waals surface area contributed by atoms with Crippen molar-refractivity contribution in [1.29, 1.82) is 0 Å². The molecule has 1 amide bonds. The van der Waals surface area contributed by atoms with E-state index in [1.807, 2.05) is 6.92 Å². The lowest BCUT2D eigenvalue weighted by Gasteiger charge is -2.30. The van der Waals surface area contributed by atoms with Gasteiger partial charge in [-0.25, -0.2) is 13.4 Å². The van der Waals surface area contributed by atoms with Crippen LogP contribution in [0.3, 0.4) is 0 Å². The molecule has 1 fully saturated rings. The average Bonchev–Trinajstić information content (AvgIpc) is 3.21. The number of aromatic nitrogens is 1. The third-order valence-electron chi connectivity index (χ3n) is 6.63.